The van der Waals surface area contributed by atoms with Crippen LogP contribution < -0.4 is 14.7 Å². The molecule has 3 aliphatic rings. The molecular formula is C60H81N3O6. The van der Waals surface area contributed by atoms with Crippen molar-refractivity contribution in [3.63, 3.8) is 0 Å². The van der Waals surface area contributed by atoms with Crippen LogP contribution in [0.3, 0.4) is 0 Å². The average Bonchev–Trinajstić information content (AvgIpc) is 3.33. The van der Waals surface area contributed by atoms with Crippen molar-refractivity contribution in [1.29, 1.82) is 0 Å². The number of carbonyl (C=O) groups excluding carboxylic acids is 3. The quantitative estimate of drug-likeness (QED) is 0.0854. The molecular weight excluding hydrogens is 859 g/mol. The van der Waals surface area contributed by atoms with Crippen LogP contribution in [0.15, 0.2) is 109 Å². The van der Waals surface area contributed by atoms with E-state index in [4.69, 9.17) is 14.2 Å². The summed E-state index contributed by atoms with van der Waals surface area (Å²) in [4.78, 5) is 51.6. The molecule has 0 aromatic heterocycles. The molecule has 3 heterocycles. The Hall–Kier alpha value is -5.31. The highest BCUT2D eigenvalue weighted by Gasteiger charge is 2.44. The summed E-state index contributed by atoms with van der Waals surface area (Å²) in [7, 11) is 0. The van der Waals surface area contributed by atoms with Crippen molar-refractivity contribution in [2.75, 3.05) is 14.7 Å². The minimum atomic E-state index is -0.630. The SMILES string of the molecule is CC(C)C1CC(OC(=O)c2ccc(C(=O)OC3CC(C(C)C)N(c4ccccc4)C(C(C)C)C3)c(C(=O)OC3CC(C(C)C)N(c4ccccc4)C(C(C)C)C3)c2)CC(C(C)C)N1c1ccccc1. The highest BCUT2D eigenvalue weighted by atomic mass is 16.6. The van der Waals surface area contributed by atoms with E-state index in [1.807, 2.05) is 18.2 Å². The highest BCUT2D eigenvalue weighted by Crippen LogP contribution is 2.41. The Labute approximate surface area is 414 Å². The van der Waals surface area contributed by atoms with E-state index in [-0.39, 0.29) is 77.0 Å². The zero-order valence-electron chi connectivity index (χ0n) is 43.6. The summed E-state index contributed by atoms with van der Waals surface area (Å²) in [6, 6.07) is 37.1. The lowest BCUT2D eigenvalue weighted by atomic mass is 9.82. The molecule has 0 saturated carbocycles. The molecule has 4 aromatic carbocycles. The summed E-state index contributed by atoms with van der Waals surface area (Å²) in [6.45, 7) is 26.7. The first-order valence-corrected chi connectivity index (χ1v) is 26.2. The maximum atomic E-state index is 14.9. The summed E-state index contributed by atoms with van der Waals surface area (Å²) >= 11 is 0. The maximum Gasteiger partial charge on any atom is 0.339 e. The third-order valence-electron chi connectivity index (χ3n) is 15.5. The van der Waals surface area contributed by atoms with E-state index in [1.165, 1.54) is 17.4 Å². The number of carbonyl (C=O) groups is 3. The zero-order chi connectivity index (χ0) is 49.7. The van der Waals surface area contributed by atoms with Crippen molar-refractivity contribution in [2.45, 2.75) is 176 Å². The molecule has 9 nitrogen and oxygen atoms in total. The normalized spacial score (nSPS) is 25.5. The Morgan fingerprint density at radius 3 is 0.899 bits per heavy atom. The Bertz CT molecular complexity index is 2240. The van der Waals surface area contributed by atoms with Crippen molar-refractivity contribution < 1.29 is 28.6 Å². The Morgan fingerprint density at radius 2 is 0.623 bits per heavy atom. The van der Waals surface area contributed by atoms with Crippen LogP contribution in [0.2, 0.25) is 0 Å². The molecule has 0 spiro atoms. The van der Waals surface area contributed by atoms with Gasteiger partial charge in [-0.05, 0) is 90.1 Å². The number of benzene rings is 4. The number of ether oxygens (including phenoxy) is 3. The molecule has 9 heteroatoms. The number of hydrogen-bond donors (Lipinski definition) is 0. The summed E-state index contributed by atoms with van der Waals surface area (Å²) < 4.78 is 19.5. The minimum Gasteiger partial charge on any atom is -0.459 e. The van der Waals surface area contributed by atoms with E-state index in [0.717, 1.165) is 5.69 Å². The monoisotopic (exact) mass is 940 g/mol. The molecule has 0 N–H and O–H groups in total. The maximum absolute atomic E-state index is 14.9. The van der Waals surface area contributed by atoms with Gasteiger partial charge in [-0.1, -0.05) is 138 Å². The van der Waals surface area contributed by atoms with Gasteiger partial charge in [-0.3, -0.25) is 0 Å². The lowest BCUT2D eigenvalue weighted by molar-refractivity contribution is 0.00723. The first-order chi connectivity index (χ1) is 32.9. The fourth-order valence-electron chi connectivity index (χ4n) is 11.8. The van der Waals surface area contributed by atoms with Gasteiger partial charge in [0, 0.05) is 91.8 Å². The Kier molecular flexibility index (Phi) is 16.9. The molecule has 0 aliphatic carbocycles. The van der Waals surface area contributed by atoms with Crippen LogP contribution in [-0.2, 0) is 14.2 Å². The molecule has 0 amide bonds. The van der Waals surface area contributed by atoms with Crippen LogP contribution >= 0.6 is 0 Å². The number of piperidine rings is 3. The standard InChI is InChI=1S/C60H81N3O6/c1-37(2)52-31-47(32-53(38(3)4)61(52)44-22-16-13-17-23-44)67-58(64)43-28-29-50(59(65)68-48-33-54(39(5)6)62(55(34-48)40(7)8)45-24-18-14-19-25-45)51(30-43)60(66)69-49-35-56(41(9)10)63(57(36-49)42(11)12)46-26-20-15-21-27-46/h13-30,37-42,47-49,52-57H,31-36H2,1-12H3. The second kappa shape index (κ2) is 22.6. The van der Waals surface area contributed by atoms with Gasteiger partial charge in [0.2, 0.25) is 0 Å². The van der Waals surface area contributed by atoms with Gasteiger partial charge in [-0.2, -0.15) is 0 Å². The van der Waals surface area contributed by atoms with Gasteiger partial charge in [-0.15, -0.1) is 0 Å². The Morgan fingerprint density at radius 1 is 0.362 bits per heavy atom. The van der Waals surface area contributed by atoms with Crippen LogP contribution in [-0.4, -0.2) is 72.5 Å². The van der Waals surface area contributed by atoms with Crippen molar-refractivity contribution in [1.82, 2.24) is 0 Å². The number of esters is 3. The predicted molar refractivity (Wildman–Crippen MR) is 280 cm³/mol. The van der Waals surface area contributed by atoms with Crippen molar-refractivity contribution in [3.05, 3.63) is 126 Å². The second-order valence-electron chi connectivity index (χ2n) is 22.4. The van der Waals surface area contributed by atoms with E-state index < -0.39 is 24.0 Å². The van der Waals surface area contributed by atoms with Gasteiger partial charge in [0.05, 0.1) is 16.7 Å². The predicted octanol–water partition coefficient (Wildman–Crippen LogP) is 13.3. The van der Waals surface area contributed by atoms with Crippen molar-refractivity contribution in [2.24, 2.45) is 35.5 Å². The average molecular weight is 940 g/mol. The summed E-state index contributed by atoms with van der Waals surface area (Å²) in [5.74, 6) is 0.0162. The molecule has 0 bridgehead atoms. The molecule has 6 unspecified atom stereocenters. The summed E-state index contributed by atoms with van der Waals surface area (Å²) in [6.07, 6.45) is 2.79. The molecule has 4 aromatic rings. The van der Waals surface area contributed by atoms with Crippen molar-refractivity contribution >= 4 is 35.0 Å². The van der Waals surface area contributed by atoms with Crippen molar-refractivity contribution in [3.8, 4) is 0 Å². The van der Waals surface area contributed by atoms with Gasteiger partial charge in [0.1, 0.15) is 18.3 Å². The topological polar surface area (TPSA) is 88.6 Å². The van der Waals surface area contributed by atoms with E-state index in [9.17, 15) is 14.4 Å². The lowest BCUT2D eigenvalue weighted by Gasteiger charge is -2.50. The molecule has 3 saturated heterocycles. The molecule has 69 heavy (non-hydrogen) atoms. The van der Waals surface area contributed by atoms with Gasteiger partial charge in [0.15, 0.2) is 0 Å². The highest BCUT2D eigenvalue weighted by molar-refractivity contribution is 6.05. The van der Waals surface area contributed by atoms with Gasteiger partial charge < -0.3 is 28.9 Å². The van der Waals surface area contributed by atoms with E-state index >= 15 is 0 Å². The molecule has 0 radical (unpaired) electrons. The first-order valence-electron chi connectivity index (χ1n) is 26.2. The Balaban J connectivity index is 1.19. The lowest BCUT2D eigenvalue weighted by Crippen LogP contribution is -2.56. The molecule has 6 atom stereocenters. The largest absolute Gasteiger partial charge is 0.459 e. The number of nitrogens with zero attached hydrogens (tertiary/aromatic N) is 3. The third-order valence-corrected chi connectivity index (χ3v) is 15.5. The van der Waals surface area contributed by atoms with E-state index in [1.54, 1.807) is 12.1 Å². The van der Waals surface area contributed by atoms with Gasteiger partial charge in [-0.25, -0.2) is 14.4 Å². The van der Waals surface area contributed by atoms with E-state index in [0.29, 0.717) is 62.2 Å². The fourth-order valence-corrected chi connectivity index (χ4v) is 11.8. The van der Waals surface area contributed by atoms with Crippen LogP contribution in [0, 0.1) is 35.5 Å². The summed E-state index contributed by atoms with van der Waals surface area (Å²) in [5.41, 5.74) is 3.85. The second-order valence-corrected chi connectivity index (χ2v) is 22.4. The number of hydrogen-bond acceptors (Lipinski definition) is 9. The molecule has 372 valence electrons. The number of anilines is 3. The van der Waals surface area contributed by atoms with E-state index in [2.05, 4.69) is 171 Å². The van der Waals surface area contributed by atoms with Crippen LogP contribution in [0.5, 0.6) is 0 Å². The first kappa shape index (κ1) is 51.5. The number of rotatable bonds is 15. The molecule has 3 fully saturated rings. The molecule has 7 rings (SSSR count). The fraction of sp³-hybridized carbons (Fsp3) is 0.550. The smallest absolute Gasteiger partial charge is 0.339 e. The minimum absolute atomic E-state index is 0.0312. The zero-order valence-corrected chi connectivity index (χ0v) is 43.6. The van der Waals surface area contributed by atoms with Crippen LogP contribution in [0.25, 0.3) is 0 Å². The van der Waals surface area contributed by atoms with Gasteiger partial charge in [0.25, 0.3) is 0 Å². The van der Waals surface area contributed by atoms with Crippen LogP contribution in [0.1, 0.15) is 153 Å². The summed E-state index contributed by atoms with van der Waals surface area (Å²) in [5, 5.41) is 0. The number of para-hydroxylation sites is 3. The molecule has 3 aliphatic heterocycles. The van der Waals surface area contributed by atoms with Crippen LogP contribution in [0.4, 0.5) is 17.1 Å². The third kappa shape index (κ3) is 11.8. The van der Waals surface area contributed by atoms with Gasteiger partial charge >= 0.3 is 17.9 Å².